The molecule has 1 aliphatic carbocycles. The SMILES string of the molecule is CC(C)=C(/C=C(N)\C=C(/C)Nc1ccc(C#N)cc1)C(=O)NC1Cc2ccccc2C1. The summed E-state index contributed by atoms with van der Waals surface area (Å²) in [5, 5.41) is 15.3. The van der Waals surface area contributed by atoms with Crippen LogP contribution in [0.5, 0.6) is 0 Å². The first-order chi connectivity index (χ1) is 14.9. The fraction of sp³-hybridized carbons (Fsp3) is 0.231. The van der Waals surface area contributed by atoms with E-state index in [0.29, 0.717) is 16.8 Å². The summed E-state index contributed by atoms with van der Waals surface area (Å²) in [4.78, 5) is 12.9. The topological polar surface area (TPSA) is 90.9 Å². The van der Waals surface area contributed by atoms with Crippen LogP contribution in [0.3, 0.4) is 0 Å². The summed E-state index contributed by atoms with van der Waals surface area (Å²) in [5.41, 5.74) is 13.1. The molecule has 0 heterocycles. The summed E-state index contributed by atoms with van der Waals surface area (Å²) < 4.78 is 0. The lowest BCUT2D eigenvalue weighted by atomic mass is 10.1. The average molecular weight is 413 g/mol. The second kappa shape index (κ2) is 9.82. The van der Waals surface area contributed by atoms with Crippen LogP contribution in [0.4, 0.5) is 5.69 Å². The van der Waals surface area contributed by atoms with Crippen LogP contribution in [-0.2, 0) is 17.6 Å². The molecule has 2 aromatic rings. The number of hydrogen-bond donors (Lipinski definition) is 3. The molecule has 0 atom stereocenters. The molecule has 0 aliphatic heterocycles. The van der Waals surface area contributed by atoms with Crippen LogP contribution in [0.15, 0.2) is 83.2 Å². The van der Waals surface area contributed by atoms with E-state index in [1.165, 1.54) is 11.1 Å². The minimum Gasteiger partial charge on any atom is -0.399 e. The van der Waals surface area contributed by atoms with Gasteiger partial charge in [0, 0.05) is 28.7 Å². The van der Waals surface area contributed by atoms with Crippen molar-refractivity contribution < 1.29 is 4.79 Å². The van der Waals surface area contributed by atoms with E-state index in [1.54, 1.807) is 24.3 Å². The van der Waals surface area contributed by atoms with Gasteiger partial charge in [0.25, 0.3) is 5.91 Å². The molecule has 31 heavy (non-hydrogen) atoms. The van der Waals surface area contributed by atoms with Crippen molar-refractivity contribution in [1.82, 2.24) is 5.32 Å². The van der Waals surface area contributed by atoms with E-state index < -0.39 is 0 Å². The van der Waals surface area contributed by atoms with Crippen LogP contribution < -0.4 is 16.4 Å². The van der Waals surface area contributed by atoms with E-state index in [4.69, 9.17) is 11.0 Å². The molecule has 158 valence electrons. The predicted octanol–water partition coefficient (Wildman–Crippen LogP) is 4.34. The van der Waals surface area contributed by atoms with Gasteiger partial charge < -0.3 is 16.4 Å². The summed E-state index contributed by atoms with van der Waals surface area (Å²) in [6, 6.07) is 17.7. The van der Waals surface area contributed by atoms with Crippen molar-refractivity contribution in [2.75, 3.05) is 5.32 Å². The number of nitrogens with zero attached hydrogens (tertiary/aromatic N) is 1. The van der Waals surface area contributed by atoms with E-state index in [9.17, 15) is 4.79 Å². The van der Waals surface area contributed by atoms with Crippen molar-refractivity contribution in [3.05, 3.63) is 99.9 Å². The highest BCUT2D eigenvalue weighted by molar-refractivity contribution is 5.97. The Kier molecular flexibility index (Phi) is 6.94. The number of nitrogens with one attached hydrogen (secondary N) is 2. The molecule has 0 aromatic heterocycles. The number of rotatable bonds is 6. The van der Waals surface area contributed by atoms with Gasteiger partial charge in [0.2, 0.25) is 0 Å². The van der Waals surface area contributed by atoms with Gasteiger partial charge in [0.15, 0.2) is 0 Å². The summed E-state index contributed by atoms with van der Waals surface area (Å²) in [6.07, 6.45) is 5.21. The number of carbonyl (C=O) groups excluding carboxylic acids is 1. The van der Waals surface area contributed by atoms with Crippen LogP contribution in [0.25, 0.3) is 0 Å². The molecule has 0 saturated heterocycles. The Labute approximate surface area is 184 Å². The number of nitriles is 1. The minimum absolute atomic E-state index is 0.101. The van der Waals surface area contributed by atoms with Crippen LogP contribution in [0.1, 0.15) is 37.5 Å². The number of anilines is 1. The molecule has 5 nitrogen and oxygen atoms in total. The van der Waals surface area contributed by atoms with E-state index in [2.05, 4.69) is 28.8 Å². The van der Waals surface area contributed by atoms with Gasteiger partial charge in [-0.1, -0.05) is 29.8 Å². The molecule has 0 bridgehead atoms. The molecule has 1 aliphatic rings. The van der Waals surface area contributed by atoms with Gasteiger partial charge in [-0.2, -0.15) is 5.26 Å². The zero-order valence-electron chi connectivity index (χ0n) is 18.2. The monoisotopic (exact) mass is 412 g/mol. The Hall–Kier alpha value is -3.78. The number of fused-ring (bicyclic) bond motifs is 1. The van der Waals surface area contributed by atoms with Crippen LogP contribution in [-0.4, -0.2) is 11.9 Å². The van der Waals surface area contributed by atoms with Crippen molar-refractivity contribution in [2.45, 2.75) is 39.7 Å². The van der Waals surface area contributed by atoms with Gasteiger partial charge in [-0.15, -0.1) is 0 Å². The van der Waals surface area contributed by atoms with Gasteiger partial charge in [-0.3, -0.25) is 4.79 Å². The lowest BCUT2D eigenvalue weighted by Crippen LogP contribution is -2.36. The van der Waals surface area contributed by atoms with Crippen molar-refractivity contribution in [1.29, 1.82) is 5.26 Å². The lowest BCUT2D eigenvalue weighted by Gasteiger charge is -2.14. The second-order valence-corrected chi connectivity index (χ2v) is 8.05. The normalized spacial score (nSPS) is 13.9. The quantitative estimate of drug-likeness (QED) is 0.486. The van der Waals surface area contributed by atoms with Gasteiger partial charge >= 0.3 is 0 Å². The molecule has 2 aromatic carbocycles. The first kappa shape index (κ1) is 21.9. The molecule has 0 saturated carbocycles. The van der Waals surface area contributed by atoms with Crippen LogP contribution >= 0.6 is 0 Å². The number of amides is 1. The molecule has 0 radical (unpaired) electrons. The molecular formula is C26H28N4O. The van der Waals surface area contributed by atoms with Crippen molar-refractivity contribution in [3.63, 3.8) is 0 Å². The molecule has 4 N–H and O–H groups in total. The third kappa shape index (κ3) is 5.86. The zero-order valence-corrected chi connectivity index (χ0v) is 18.2. The summed E-state index contributed by atoms with van der Waals surface area (Å²) >= 11 is 0. The maximum atomic E-state index is 12.9. The first-order valence-corrected chi connectivity index (χ1v) is 10.3. The Morgan fingerprint density at radius 2 is 1.65 bits per heavy atom. The second-order valence-electron chi connectivity index (χ2n) is 8.05. The van der Waals surface area contributed by atoms with E-state index in [0.717, 1.165) is 29.8 Å². The molecular weight excluding hydrogens is 384 g/mol. The summed E-state index contributed by atoms with van der Waals surface area (Å²) in [6.45, 7) is 5.72. The fourth-order valence-corrected chi connectivity index (χ4v) is 3.71. The zero-order chi connectivity index (χ0) is 22.4. The molecule has 1 amide bonds. The van der Waals surface area contributed by atoms with Crippen molar-refractivity contribution >= 4 is 11.6 Å². The summed E-state index contributed by atoms with van der Waals surface area (Å²) in [7, 11) is 0. The maximum Gasteiger partial charge on any atom is 0.251 e. The highest BCUT2D eigenvalue weighted by Crippen LogP contribution is 2.22. The average Bonchev–Trinajstić information content (AvgIpc) is 3.14. The first-order valence-electron chi connectivity index (χ1n) is 10.3. The van der Waals surface area contributed by atoms with Crippen LogP contribution in [0.2, 0.25) is 0 Å². The van der Waals surface area contributed by atoms with Crippen molar-refractivity contribution in [2.24, 2.45) is 5.73 Å². The molecule has 0 unspecified atom stereocenters. The largest absolute Gasteiger partial charge is 0.399 e. The molecule has 0 spiro atoms. The van der Waals surface area contributed by atoms with Gasteiger partial charge in [-0.05, 0) is 81.2 Å². The van der Waals surface area contributed by atoms with Gasteiger partial charge in [0.05, 0.1) is 11.6 Å². The lowest BCUT2D eigenvalue weighted by molar-refractivity contribution is -0.117. The number of carbonyl (C=O) groups is 1. The van der Waals surface area contributed by atoms with E-state index >= 15 is 0 Å². The number of allylic oxidation sites excluding steroid dienone is 3. The summed E-state index contributed by atoms with van der Waals surface area (Å²) in [5.74, 6) is -0.105. The Morgan fingerprint density at radius 1 is 1.03 bits per heavy atom. The van der Waals surface area contributed by atoms with E-state index in [1.807, 2.05) is 45.0 Å². The minimum atomic E-state index is -0.105. The smallest absolute Gasteiger partial charge is 0.251 e. The fourth-order valence-electron chi connectivity index (χ4n) is 3.71. The molecule has 5 heteroatoms. The number of benzene rings is 2. The third-order valence-corrected chi connectivity index (χ3v) is 5.22. The van der Waals surface area contributed by atoms with Gasteiger partial charge in [0.1, 0.15) is 0 Å². The maximum absolute atomic E-state index is 12.9. The predicted molar refractivity (Wildman–Crippen MR) is 125 cm³/mol. The number of hydrogen-bond acceptors (Lipinski definition) is 4. The highest BCUT2D eigenvalue weighted by atomic mass is 16.1. The Bertz CT molecular complexity index is 1070. The van der Waals surface area contributed by atoms with Crippen LogP contribution in [0, 0.1) is 11.3 Å². The standard InChI is InChI=1S/C26H28N4O/c1-17(2)25(26(31)30-24-13-20-6-4-5-7-21(20)14-24)15-22(28)12-18(3)29-23-10-8-19(16-27)9-11-23/h4-12,15,24,29H,13-14,28H2,1-3H3,(H,30,31)/b18-12+,22-15+. The Balaban J connectivity index is 1.66. The van der Waals surface area contributed by atoms with Gasteiger partial charge in [-0.25, -0.2) is 0 Å². The third-order valence-electron chi connectivity index (χ3n) is 5.22. The molecule has 3 rings (SSSR count). The van der Waals surface area contributed by atoms with E-state index in [-0.39, 0.29) is 11.9 Å². The van der Waals surface area contributed by atoms with Crippen molar-refractivity contribution in [3.8, 4) is 6.07 Å². The Morgan fingerprint density at radius 3 is 2.19 bits per heavy atom. The highest BCUT2D eigenvalue weighted by Gasteiger charge is 2.23. The molecule has 0 fully saturated rings. The number of nitrogens with two attached hydrogens (primary N) is 1.